The molecule has 34 heavy (non-hydrogen) atoms. The number of methoxy groups -OCH3 is 1. The molecule has 3 rings (SSSR count). The quantitative estimate of drug-likeness (QED) is 0.163. The number of allylic oxidation sites excluding steroid dienone is 1. The van der Waals surface area contributed by atoms with Gasteiger partial charge >= 0.3 is 5.69 Å². The van der Waals surface area contributed by atoms with Gasteiger partial charge in [-0.25, -0.2) is 0 Å². The van der Waals surface area contributed by atoms with Crippen LogP contribution in [0.25, 0.3) is 6.08 Å². The normalized spacial score (nSPS) is 11.3. The predicted molar refractivity (Wildman–Crippen MR) is 131 cm³/mol. The smallest absolute Gasteiger partial charge is 0.318 e. The Morgan fingerprint density at radius 1 is 1.26 bits per heavy atom. The number of nitro groups is 1. The Morgan fingerprint density at radius 2 is 2.00 bits per heavy atom. The number of hydrogen-bond acceptors (Lipinski definition) is 6. The summed E-state index contributed by atoms with van der Waals surface area (Å²) < 4.78 is 12.9. The van der Waals surface area contributed by atoms with Crippen LogP contribution in [0.15, 0.2) is 42.6 Å². The summed E-state index contributed by atoms with van der Waals surface area (Å²) in [5, 5.41) is 15.8. The van der Waals surface area contributed by atoms with Crippen molar-refractivity contribution in [2.45, 2.75) is 33.3 Å². The number of ketones is 1. The highest BCUT2D eigenvalue weighted by atomic mass is 35.5. The predicted octanol–water partition coefficient (Wildman–Crippen LogP) is 5.90. The van der Waals surface area contributed by atoms with Crippen LogP contribution in [-0.2, 0) is 13.7 Å². The van der Waals surface area contributed by atoms with Gasteiger partial charge in [0, 0.05) is 17.6 Å². The highest BCUT2D eigenvalue weighted by Crippen LogP contribution is 2.33. The van der Waals surface area contributed by atoms with Gasteiger partial charge in [0.15, 0.2) is 0 Å². The van der Waals surface area contributed by atoms with E-state index in [0.29, 0.717) is 16.3 Å². The van der Waals surface area contributed by atoms with Gasteiger partial charge in [-0.3, -0.25) is 19.6 Å². The van der Waals surface area contributed by atoms with E-state index in [2.05, 4.69) is 18.9 Å². The van der Waals surface area contributed by atoms with Crippen molar-refractivity contribution in [1.82, 2.24) is 9.78 Å². The van der Waals surface area contributed by atoms with Gasteiger partial charge in [-0.05, 0) is 59.9 Å². The van der Waals surface area contributed by atoms with Crippen LogP contribution in [0, 0.1) is 17.0 Å². The second kappa shape index (κ2) is 10.5. The van der Waals surface area contributed by atoms with Crippen LogP contribution in [0.4, 0.5) is 5.69 Å². The maximum Gasteiger partial charge on any atom is 0.318 e. The number of halogens is 1. The second-order valence-electron chi connectivity index (χ2n) is 8.15. The summed E-state index contributed by atoms with van der Waals surface area (Å²) in [6.07, 6.45) is 4.05. The van der Waals surface area contributed by atoms with E-state index < -0.39 is 10.7 Å². The van der Waals surface area contributed by atoms with E-state index in [1.54, 1.807) is 25.3 Å². The van der Waals surface area contributed by atoms with Crippen LogP contribution >= 0.6 is 11.6 Å². The van der Waals surface area contributed by atoms with E-state index in [4.69, 9.17) is 21.1 Å². The van der Waals surface area contributed by atoms with Crippen molar-refractivity contribution in [3.05, 3.63) is 85.7 Å². The zero-order chi connectivity index (χ0) is 25.0. The van der Waals surface area contributed by atoms with Crippen LogP contribution in [0.3, 0.4) is 0 Å². The van der Waals surface area contributed by atoms with Crippen LogP contribution in [0.2, 0.25) is 5.02 Å². The molecule has 0 saturated carbocycles. The summed E-state index contributed by atoms with van der Waals surface area (Å²) in [4.78, 5) is 23.0. The van der Waals surface area contributed by atoms with Crippen LogP contribution < -0.4 is 9.47 Å². The molecule has 0 aliphatic heterocycles. The highest BCUT2D eigenvalue weighted by Gasteiger charge is 2.23. The van der Waals surface area contributed by atoms with Crippen molar-refractivity contribution in [1.29, 1.82) is 0 Å². The third kappa shape index (κ3) is 5.63. The first-order valence-corrected chi connectivity index (χ1v) is 11.0. The summed E-state index contributed by atoms with van der Waals surface area (Å²) in [5.74, 6) is 1.06. The topological polar surface area (TPSA) is 96.5 Å². The summed E-state index contributed by atoms with van der Waals surface area (Å²) in [5.41, 5.74) is 2.88. The summed E-state index contributed by atoms with van der Waals surface area (Å²) in [7, 11) is 3.10. The molecular weight excluding hydrogens is 458 g/mol. The molecule has 0 atom stereocenters. The Hall–Kier alpha value is -3.65. The van der Waals surface area contributed by atoms with Crippen LogP contribution in [0.1, 0.15) is 52.5 Å². The van der Waals surface area contributed by atoms with Gasteiger partial charge in [0.1, 0.15) is 24.3 Å². The number of rotatable bonds is 9. The largest absolute Gasteiger partial charge is 0.496 e. The lowest BCUT2D eigenvalue weighted by Crippen LogP contribution is -2.03. The lowest BCUT2D eigenvalue weighted by molar-refractivity contribution is -0.385. The van der Waals surface area contributed by atoms with E-state index in [0.717, 1.165) is 22.4 Å². The number of ether oxygens (including phenoxy) is 2. The molecule has 0 aliphatic rings. The van der Waals surface area contributed by atoms with Gasteiger partial charge in [-0.1, -0.05) is 37.6 Å². The molecule has 0 unspecified atom stereocenters. The van der Waals surface area contributed by atoms with E-state index in [9.17, 15) is 14.9 Å². The molecule has 2 aromatic carbocycles. The Labute approximate surface area is 202 Å². The first-order valence-electron chi connectivity index (χ1n) is 10.6. The highest BCUT2D eigenvalue weighted by molar-refractivity contribution is 6.31. The number of hydrogen-bond donors (Lipinski definition) is 0. The van der Waals surface area contributed by atoms with Gasteiger partial charge in [-0.2, -0.15) is 5.10 Å². The summed E-state index contributed by atoms with van der Waals surface area (Å²) in [6.45, 7) is 6.31. The monoisotopic (exact) mass is 483 g/mol. The average molecular weight is 484 g/mol. The summed E-state index contributed by atoms with van der Waals surface area (Å²) >= 11 is 6.29. The first-order chi connectivity index (χ1) is 16.1. The summed E-state index contributed by atoms with van der Waals surface area (Å²) in [6, 6.07) is 9.25. The minimum absolute atomic E-state index is 0.208. The molecular formula is C25H26ClN3O5. The molecule has 0 fully saturated rings. The zero-order valence-corrected chi connectivity index (χ0v) is 20.4. The molecule has 0 bridgehead atoms. The Kier molecular flexibility index (Phi) is 7.73. The maximum atomic E-state index is 12.5. The molecule has 0 saturated heterocycles. The number of carbonyl (C=O) groups excluding carboxylic acids is 1. The lowest BCUT2D eigenvalue weighted by atomic mass is 10.0. The van der Waals surface area contributed by atoms with Crippen molar-refractivity contribution >= 4 is 29.1 Å². The maximum absolute atomic E-state index is 12.5. The SMILES string of the molecule is COc1ccc(/C=C/C(=O)c2nn(C)cc2[N+](=O)[O-])cc1COc1cc(C)c(Cl)cc1C(C)C. The lowest BCUT2D eigenvalue weighted by Gasteiger charge is -2.17. The van der Waals surface area contributed by atoms with Gasteiger partial charge in [-0.15, -0.1) is 0 Å². The Bertz CT molecular complexity index is 1260. The minimum Gasteiger partial charge on any atom is -0.496 e. The zero-order valence-electron chi connectivity index (χ0n) is 19.7. The van der Waals surface area contributed by atoms with Crippen molar-refractivity contribution in [3.8, 4) is 11.5 Å². The molecule has 0 aliphatic carbocycles. The average Bonchev–Trinajstić information content (AvgIpc) is 3.20. The number of benzene rings is 2. The fraction of sp³-hybridized carbons (Fsp3) is 0.280. The van der Waals surface area contributed by atoms with E-state index in [1.807, 2.05) is 25.1 Å². The minimum atomic E-state index is -0.624. The van der Waals surface area contributed by atoms with Crippen molar-refractivity contribution in [3.63, 3.8) is 0 Å². The van der Waals surface area contributed by atoms with E-state index >= 15 is 0 Å². The molecule has 1 heterocycles. The van der Waals surface area contributed by atoms with Gasteiger partial charge in [0.25, 0.3) is 0 Å². The molecule has 178 valence electrons. The third-order valence-corrected chi connectivity index (χ3v) is 5.67. The number of nitrogens with zero attached hydrogens (tertiary/aromatic N) is 3. The molecule has 0 spiro atoms. The third-order valence-electron chi connectivity index (χ3n) is 5.27. The van der Waals surface area contributed by atoms with Crippen molar-refractivity contribution in [2.75, 3.05) is 7.11 Å². The fourth-order valence-corrected chi connectivity index (χ4v) is 3.63. The van der Waals surface area contributed by atoms with Gasteiger partial charge < -0.3 is 9.47 Å². The molecule has 1 aromatic heterocycles. The number of carbonyl (C=O) groups is 1. The van der Waals surface area contributed by atoms with Crippen LogP contribution in [-0.4, -0.2) is 27.6 Å². The van der Waals surface area contributed by atoms with Crippen molar-refractivity contribution < 1.29 is 19.2 Å². The van der Waals surface area contributed by atoms with Gasteiger partial charge in [0.2, 0.25) is 11.5 Å². The fourth-order valence-electron chi connectivity index (χ4n) is 3.45. The van der Waals surface area contributed by atoms with E-state index in [-0.39, 0.29) is 23.9 Å². The molecule has 0 amide bonds. The number of aryl methyl sites for hydroxylation is 2. The standard InChI is InChI=1S/C25H26ClN3O5/c1-15(2)19-12-20(26)16(3)10-24(19)34-14-18-11-17(7-9-23(18)33-5)6-8-22(30)25-21(29(31)32)13-28(4)27-25/h6-13,15H,14H2,1-5H3/b8-6+. The van der Waals surface area contributed by atoms with Crippen molar-refractivity contribution in [2.24, 2.45) is 7.05 Å². The second-order valence-corrected chi connectivity index (χ2v) is 8.55. The van der Waals surface area contributed by atoms with E-state index in [1.165, 1.54) is 24.0 Å². The first kappa shape index (κ1) is 25.0. The molecule has 8 nitrogen and oxygen atoms in total. The molecule has 9 heteroatoms. The molecule has 0 radical (unpaired) electrons. The number of aromatic nitrogens is 2. The van der Waals surface area contributed by atoms with Gasteiger partial charge in [0.05, 0.1) is 12.0 Å². The Morgan fingerprint density at radius 3 is 2.65 bits per heavy atom. The van der Waals surface area contributed by atoms with Crippen LogP contribution in [0.5, 0.6) is 11.5 Å². The Balaban J connectivity index is 1.84. The molecule has 0 N–H and O–H groups in total. The molecule has 3 aromatic rings.